The summed E-state index contributed by atoms with van der Waals surface area (Å²) in [4.78, 5) is 22.3. The van der Waals surface area contributed by atoms with Gasteiger partial charge >= 0.3 is 12.1 Å². The number of aromatic nitrogens is 3. The van der Waals surface area contributed by atoms with Gasteiger partial charge in [0.1, 0.15) is 22.8 Å². The first-order chi connectivity index (χ1) is 13.3. The van der Waals surface area contributed by atoms with Gasteiger partial charge in [0.25, 0.3) is 0 Å². The van der Waals surface area contributed by atoms with Crippen LogP contribution in [-0.2, 0) is 6.18 Å². The molecule has 9 heteroatoms. The number of H-pyrrole nitrogens is 1. The van der Waals surface area contributed by atoms with E-state index in [4.69, 9.17) is 9.84 Å². The number of pyridine rings is 1. The van der Waals surface area contributed by atoms with Gasteiger partial charge < -0.3 is 14.8 Å². The van der Waals surface area contributed by atoms with E-state index in [1.54, 1.807) is 12.1 Å². The van der Waals surface area contributed by atoms with Gasteiger partial charge in [0.2, 0.25) is 0 Å². The Labute approximate surface area is 155 Å². The number of nitrogens with one attached hydrogen (secondary N) is 1. The van der Waals surface area contributed by atoms with Crippen LogP contribution in [0.15, 0.2) is 42.5 Å². The Hall–Kier alpha value is -3.62. The van der Waals surface area contributed by atoms with E-state index in [0.717, 1.165) is 6.07 Å². The number of aromatic carboxylic acids is 1. The van der Waals surface area contributed by atoms with Crippen molar-refractivity contribution in [3.05, 3.63) is 53.7 Å². The average Bonchev–Trinajstić information content (AvgIpc) is 3.08. The zero-order chi connectivity index (χ0) is 20.1. The fraction of sp³-hybridized carbons (Fsp3) is 0.105. The maximum absolute atomic E-state index is 13.0. The van der Waals surface area contributed by atoms with Crippen molar-refractivity contribution in [2.24, 2.45) is 0 Å². The Balaban J connectivity index is 1.93. The number of hydrogen-bond acceptors (Lipinski definition) is 4. The standard InChI is InChI=1S/C19H12F3N3O3/c1-28-14-6-3-11(10-4-7-15(19(20,21)22)25-16(10)14)17-23-12-5-2-9(18(26)27)8-13(12)24-17/h2-8H,1H3,(H,23,24)(H,26,27). The van der Waals surface area contributed by atoms with Crippen LogP contribution in [0.1, 0.15) is 16.1 Å². The molecule has 0 fully saturated rings. The number of carbonyl (C=O) groups is 1. The maximum Gasteiger partial charge on any atom is 0.433 e. The van der Waals surface area contributed by atoms with Gasteiger partial charge in [0.05, 0.1) is 23.7 Å². The van der Waals surface area contributed by atoms with Gasteiger partial charge in [0, 0.05) is 10.9 Å². The molecule has 4 aromatic rings. The van der Waals surface area contributed by atoms with Crippen LogP contribution >= 0.6 is 0 Å². The quantitative estimate of drug-likeness (QED) is 0.540. The van der Waals surface area contributed by atoms with Gasteiger partial charge in [-0.25, -0.2) is 14.8 Å². The Kier molecular flexibility index (Phi) is 3.95. The van der Waals surface area contributed by atoms with Crippen LogP contribution in [0.2, 0.25) is 0 Å². The number of hydrogen-bond donors (Lipinski definition) is 2. The average molecular weight is 387 g/mol. The third kappa shape index (κ3) is 2.90. The minimum Gasteiger partial charge on any atom is -0.494 e. The molecule has 0 amide bonds. The summed E-state index contributed by atoms with van der Waals surface area (Å²) in [5.74, 6) is -0.488. The SMILES string of the molecule is COc1ccc(-c2nc3ccc(C(=O)O)cc3[nH]2)c2ccc(C(F)(F)F)nc12. The van der Waals surface area contributed by atoms with E-state index in [-0.39, 0.29) is 16.8 Å². The molecule has 0 saturated carbocycles. The molecule has 0 radical (unpaired) electrons. The highest BCUT2D eigenvalue weighted by Crippen LogP contribution is 2.36. The van der Waals surface area contributed by atoms with Gasteiger partial charge in [-0.05, 0) is 42.5 Å². The minimum atomic E-state index is -4.58. The molecule has 142 valence electrons. The number of aromatic amines is 1. The van der Waals surface area contributed by atoms with E-state index in [9.17, 15) is 18.0 Å². The van der Waals surface area contributed by atoms with Crippen molar-refractivity contribution in [3.8, 4) is 17.1 Å². The van der Waals surface area contributed by atoms with Crippen molar-refractivity contribution >= 4 is 27.9 Å². The first kappa shape index (κ1) is 17.8. The Morgan fingerprint density at radius 1 is 1.11 bits per heavy atom. The van der Waals surface area contributed by atoms with Crippen molar-refractivity contribution in [3.63, 3.8) is 0 Å². The summed E-state index contributed by atoms with van der Waals surface area (Å²) in [5, 5.41) is 9.53. The van der Waals surface area contributed by atoms with E-state index in [2.05, 4.69) is 15.0 Å². The molecule has 2 aromatic carbocycles. The second-order valence-electron chi connectivity index (χ2n) is 6.03. The molecule has 0 saturated heterocycles. The normalized spacial score (nSPS) is 11.9. The number of ether oxygens (including phenoxy) is 1. The highest BCUT2D eigenvalue weighted by molar-refractivity contribution is 5.98. The molecular weight excluding hydrogens is 375 g/mol. The molecule has 0 aliphatic rings. The lowest BCUT2D eigenvalue weighted by Crippen LogP contribution is -2.08. The molecule has 2 N–H and O–H groups in total. The Morgan fingerprint density at radius 2 is 1.89 bits per heavy atom. The van der Waals surface area contributed by atoms with E-state index in [1.807, 2.05) is 0 Å². The number of carboxylic acid groups (broad SMARTS) is 1. The first-order valence-electron chi connectivity index (χ1n) is 8.06. The Bertz CT molecular complexity index is 1230. The number of imidazole rings is 1. The Morgan fingerprint density at radius 3 is 2.57 bits per heavy atom. The summed E-state index contributed by atoms with van der Waals surface area (Å²) >= 11 is 0. The maximum atomic E-state index is 13.0. The van der Waals surface area contributed by atoms with Crippen molar-refractivity contribution in [1.82, 2.24) is 15.0 Å². The molecule has 2 heterocycles. The molecule has 0 aliphatic carbocycles. The molecule has 28 heavy (non-hydrogen) atoms. The van der Waals surface area contributed by atoms with Gasteiger partial charge in [-0.1, -0.05) is 0 Å². The van der Waals surface area contributed by atoms with Crippen molar-refractivity contribution in [2.45, 2.75) is 6.18 Å². The number of fused-ring (bicyclic) bond motifs is 2. The van der Waals surface area contributed by atoms with Gasteiger partial charge in [0.15, 0.2) is 0 Å². The number of rotatable bonds is 3. The molecule has 0 spiro atoms. The smallest absolute Gasteiger partial charge is 0.433 e. The summed E-state index contributed by atoms with van der Waals surface area (Å²) in [6, 6.07) is 9.82. The third-order valence-electron chi connectivity index (χ3n) is 4.31. The summed E-state index contributed by atoms with van der Waals surface area (Å²) < 4.78 is 44.3. The fourth-order valence-corrected chi connectivity index (χ4v) is 2.99. The van der Waals surface area contributed by atoms with Gasteiger partial charge in [-0.3, -0.25) is 0 Å². The molecule has 6 nitrogen and oxygen atoms in total. The third-order valence-corrected chi connectivity index (χ3v) is 4.31. The second-order valence-corrected chi connectivity index (χ2v) is 6.03. The summed E-state index contributed by atoms with van der Waals surface area (Å²) in [5.41, 5.74) is 0.680. The lowest BCUT2D eigenvalue weighted by molar-refractivity contribution is -0.140. The van der Waals surface area contributed by atoms with Crippen LogP contribution in [-0.4, -0.2) is 33.1 Å². The van der Waals surface area contributed by atoms with Crippen LogP contribution in [0.5, 0.6) is 5.75 Å². The molecule has 4 rings (SSSR count). The summed E-state index contributed by atoms with van der Waals surface area (Å²) in [6.45, 7) is 0. The minimum absolute atomic E-state index is 0.0570. The van der Waals surface area contributed by atoms with Crippen LogP contribution in [0, 0.1) is 0 Å². The lowest BCUT2D eigenvalue weighted by Gasteiger charge is -2.11. The van der Waals surface area contributed by atoms with Gasteiger partial charge in [-0.2, -0.15) is 13.2 Å². The number of carboxylic acids is 1. The molecule has 2 aromatic heterocycles. The number of halogens is 3. The zero-order valence-electron chi connectivity index (χ0n) is 14.3. The van der Waals surface area contributed by atoms with Crippen molar-refractivity contribution in [2.75, 3.05) is 7.11 Å². The predicted molar refractivity (Wildman–Crippen MR) is 95.3 cm³/mol. The van der Waals surface area contributed by atoms with E-state index in [1.165, 1.54) is 31.4 Å². The lowest BCUT2D eigenvalue weighted by atomic mass is 10.1. The second kappa shape index (κ2) is 6.22. The van der Waals surface area contributed by atoms with Crippen LogP contribution in [0.25, 0.3) is 33.3 Å². The van der Waals surface area contributed by atoms with E-state index < -0.39 is 17.8 Å². The zero-order valence-corrected chi connectivity index (χ0v) is 14.3. The highest BCUT2D eigenvalue weighted by atomic mass is 19.4. The number of alkyl halides is 3. The highest BCUT2D eigenvalue weighted by Gasteiger charge is 2.33. The fourth-order valence-electron chi connectivity index (χ4n) is 2.99. The number of methoxy groups -OCH3 is 1. The van der Waals surface area contributed by atoms with Crippen molar-refractivity contribution < 1.29 is 27.8 Å². The summed E-state index contributed by atoms with van der Waals surface area (Å²) in [6.07, 6.45) is -4.58. The van der Waals surface area contributed by atoms with E-state index in [0.29, 0.717) is 27.8 Å². The van der Waals surface area contributed by atoms with Crippen LogP contribution in [0.4, 0.5) is 13.2 Å². The number of nitrogens with zero attached hydrogens (tertiary/aromatic N) is 2. The molecule has 0 atom stereocenters. The molecule has 0 unspecified atom stereocenters. The van der Waals surface area contributed by atoms with Crippen LogP contribution < -0.4 is 4.74 Å². The monoisotopic (exact) mass is 387 g/mol. The van der Waals surface area contributed by atoms with Crippen LogP contribution in [0.3, 0.4) is 0 Å². The molecular formula is C19H12F3N3O3. The first-order valence-corrected chi connectivity index (χ1v) is 8.06. The number of benzene rings is 2. The van der Waals surface area contributed by atoms with E-state index >= 15 is 0 Å². The largest absolute Gasteiger partial charge is 0.494 e. The van der Waals surface area contributed by atoms with Gasteiger partial charge in [-0.15, -0.1) is 0 Å². The molecule has 0 bridgehead atoms. The van der Waals surface area contributed by atoms with Crippen molar-refractivity contribution in [1.29, 1.82) is 0 Å². The topological polar surface area (TPSA) is 88.1 Å². The predicted octanol–water partition coefficient (Wildman–Crippen LogP) is 4.50. The molecule has 0 aliphatic heterocycles. The summed E-state index contributed by atoms with van der Waals surface area (Å²) in [7, 11) is 1.35.